The molecule has 2 aromatic rings. The molecule has 0 N–H and O–H groups in total. The lowest BCUT2D eigenvalue weighted by molar-refractivity contribution is 0.0999. The topological polar surface area (TPSA) is 28.5 Å². The molecule has 3 rings (SSSR count). The number of rotatable bonds is 3. The average Bonchev–Trinajstić information content (AvgIpc) is 2.89. The minimum absolute atomic E-state index is 0.171. The molecule has 0 fully saturated rings. The van der Waals surface area contributed by atoms with Gasteiger partial charge in [-0.3, -0.25) is 4.79 Å². The van der Waals surface area contributed by atoms with Gasteiger partial charge in [-0.15, -0.1) is 0 Å². The van der Waals surface area contributed by atoms with Gasteiger partial charge in [0.25, 0.3) is 0 Å². The van der Waals surface area contributed by atoms with E-state index in [1.807, 2.05) is 42.2 Å². The molecule has 0 aliphatic carbocycles. The first-order chi connectivity index (χ1) is 9.65. The lowest BCUT2D eigenvalue weighted by Gasteiger charge is -2.36. The van der Waals surface area contributed by atoms with Gasteiger partial charge < -0.3 is 14.4 Å². The number of para-hydroxylation sites is 2. The molecule has 2 heterocycles. The zero-order valence-corrected chi connectivity index (χ0v) is 11.9. The van der Waals surface area contributed by atoms with Crippen molar-refractivity contribution in [1.82, 2.24) is 4.57 Å². The van der Waals surface area contributed by atoms with Crippen LogP contribution >= 0.6 is 0 Å². The number of Topliss-reactive ketones (excluding diaryl/α,β-unsaturated/α-hetero) is 1. The highest BCUT2D eigenvalue weighted by atomic mass is 16.1. The molecule has 20 heavy (non-hydrogen) atoms. The highest BCUT2D eigenvalue weighted by molar-refractivity contribution is 5.99. The van der Waals surface area contributed by atoms with Crippen LogP contribution in [0.4, 0.5) is 11.4 Å². The number of benzene rings is 1. The second kappa shape index (κ2) is 5.04. The predicted octanol–water partition coefficient (Wildman–Crippen LogP) is 2.16. The smallest absolute Gasteiger partial charge is 0.183 e. The van der Waals surface area contributed by atoms with Crippen LogP contribution < -0.4 is 9.80 Å². The lowest BCUT2D eigenvalue weighted by atomic mass is 10.1. The van der Waals surface area contributed by atoms with E-state index in [-0.39, 0.29) is 5.78 Å². The van der Waals surface area contributed by atoms with Gasteiger partial charge in [0.05, 0.1) is 17.9 Å². The number of ketones is 1. The van der Waals surface area contributed by atoms with Gasteiger partial charge in [0.2, 0.25) is 0 Å². The summed E-state index contributed by atoms with van der Waals surface area (Å²) in [5.41, 5.74) is 3.12. The summed E-state index contributed by atoms with van der Waals surface area (Å²) < 4.78 is 1.91. The van der Waals surface area contributed by atoms with Gasteiger partial charge in [-0.25, -0.2) is 0 Å². The van der Waals surface area contributed by atoms with Crippen molar-refractivity contribution in [3.8, 4) is 0 Å². The third-order valence-corrected chi connectivity index (χ3v) is 3.83. The van der Waals surface area contributed by atoms with E-state index in [1.54, 1.807) is 0 Å². The van der Waals surface area contributed by atoms with Crippen LogP contribution in [0.5, 0.6) is 0 Å². The van der Waals surface area contributed by atoms with E-state index in [4.69, 9.17) is 0 Å². The van der Waals surface area contributed by atoms with Crippen molar-refractivity contribution >= 4 is 17.2 Å². The Morgan fingerprint density at radius 1 is 1.10 bits per heavy atom. The van der Waals surface area contributed by atoms with Crippen LogP contribution in [-0.2, 0) is 7.05 Å². The van der Waals surface area contributed by atoms with Crippen LogP contribution in [0.1, 0.15) is 10.4 Å². The normalized spacial score (nSPS) is 14.3. The largest absolute Gasteiger partial charge is 0.371 e. The molecule has 0 saturated heterocycles. The number of aromatic nitrogens is 1. The maximum Gasteiger partial charge on any atom is 0.183 e. The average molecular weight is 269 g/mol. The zero-order chi connectivity index (χ0) is 14.1. The van der Waals surface area contributed by atoms with Crippen LogP contribution in [0.15, 0.2) is 42.7 Å². The summed E-state index contributed by atoms with van der Waals surface area (Å²) in [6, 6.07) is 10.1. The lowest BCUT2D eigenvalue weighted by Crippen LogP contribution is -2.41. The van der Waals surface area contributed by atoms with E-state index >= 15 is 0 Å². The Balaban J connectivity index is 1.82. The molecule has 0 unspecified atom stereocenters. The van der Waals surface area contributed by atoms with Crippen molar-refractivity contribution in [1.29, 1.82) is 0 Å². The van der Waals surface area contributed by atoms with Gasteiger partial charge >= 0.3 is 0 Å². The number of anilines is 2. The van der Waals surface area contributed by atoms with Gasteiger partial charge in [0.15, 0.2) is 5.78 Å². The van der Waals surface area contributed by atoms with Gasteiger partial charge in [0, 0.05) is 45.1 Å². The van der Waals surface area contributed by atoms with Gasteiger partial charge in [-0.1, -0.05) is 12.1 Å². The second-order valence-corrected chi connectivity index (χ2v) is 5.32. The third-order valence-electron chi connectivity index (χ3n) is 3.83. The number of carbonyl (C=O) groups is 1. The number of carbonyl (C=O) groups excluding carboxylic acids is 1. The van der Waals surface area contributed by atoms with Gasteiger partial charge in [0.1, 0.15) is 0 Å². The second-order valence-electron chi connectivity index (χ2n) is 5.32. The predicted molar refractivity (Wildman–Crippen MR) is 81.7 cm³/mol. The Morgan fingerprint density at radius 2 is 1.85 bits per heavy atom. The maximum absolute atomic E-state index is 12.3. The third kappa shape index (κ3) is 2.29. The molecule has 0 spiro atoms. The highest BCUT2D eigenvalue weighted by Crippen LogP contribution is 2.31. The molecule has 1 aromatic carbocycles. The molecule has 0 bridgehead atoms. The molecular weight excluding hydrogens is 250 g/mol. The Hall–Kier alpha value is -2.23. The Kier molecular flexibility index (Phi) is 3.22. The summed E-state index contributed by atoms with van der Waals surface area (Å²) in [6.45, 7) is 2.26. The molecule has 0 atom stereocenters. The SMILES string of the molecule is CN1CCN(CC(=O)c2ccn(C)c2)c2ccccc21. The van der Waals surface area contributed by atoms with Gasteiger partial charge in [-0.2, -0.15) is 0 Å². The van der Waals surface area contributed by atoms with Crippen molar-refractivity contribution < 1.29 is 4.79 Å². The molecule has 0 amide bonds. The fourth-order valence-electron chi connectivity index (χ4n) is 2.66. The minimum Gasteiger partial charge on any atom is -0.371 e. The fourth-order valence-corrected chi connectivity index (χ4v) is 2.66. The zero-order valence-electron chi connectivity index (χ0n) is 11.9. The highest BCUT2D eigenvalue weighted by Gasteiger charge is 2.22. The van der Waals surface area contributed by atoms with Crippen LogP contribution in [0.3, 0.4) is 0 Å². The van der Waals surface area contributed by atoms with Gasteiger partial charge in [-0.05, 0) is 18.2 Å². The van der Waals surface area contributed by atoms with Crippen LogP contribution in [0.25, 0.3) is 0 Å². The van der Waals surface area contributed by atoms with Crippen LogP contribution in [0, 0.1) is 0 Å². The monoisotopic (exact) mass is 269 g/mol. The molecule has 4 nitrogen and oxygen atoms in total. The number of aryl methyl sites for hydroxylation is 1. The molecule has 1 aliphatic rings. The molecule has 0 saturated carbocycles. The summed E-state index contributed by atoms with van der Waals surface area (Å²) in [4.78, 5) is 16.8. The number of hydrogen-bond acceptors (Lipinski definition) is 3. The van der Waals surface area contributed by atoms with E-state index in [9.17, 15) is 4.79 Å². The molecule has 104 valence electrons. The van der Waals surface area contributed by atoms with Crippen LogP contribution in [0.2, 0.25) is 0 Å². The Morgan fingerprint density at radius 3 is 2.55 bits per heavy atom. The van der Waals surface area contributed by atoms with Crippen LogP contribution in [-0.4, -0.2) is 37.0 Å². The molecule has 0 radical (unpaired) electrons. The summed E-state index contributed by atoms with van der Waals surface area (Å²) in [5, 5.41) is 0. The minimum atomic E-state index is 0.171. The Labute approximate surface area is 119 Å². The van der Waals surface area contributed by atoms with E-state index in [0.29, 0.717) is 6.54 Å². The molecule has 1 aromatic heterocycles. The van der Waals surface area contributed by atoms with Crippen molar-refractivity contribution in [2.45, 2.75) is 0 Å². The summed E-state index contributed by atoms with van der Waals surface area (Å²) in [7, 11) is 4.02. The Bertz CT molecular complexity index is 632. The summed E-state index contributed by atoms with van der Waals surface area (Å²) >= 11 is 0. The van der Waals surface area contributed by atoms with Crippen molar-refractivity contribution in [3.05, 3.63) is 48.3 Å². The molecule has 1 aliphatic heterocycles. The standard InChI is InChI=1S/C16H19N3O/c1-17-8-7-13(11-17)16(20)12-19-10-9-18(2)14-5-3-4-6-15(14)19/h3-8,11H,9-10,12H2,1-2H3. The first-order valence-electron chi connectivity index (χ1n) is 6.85. The summed E-state index contributed by atoms with van der Waals surface area (Å²) in [5.74, 6) is 0.171. The molecule has 4 heteroatoms. The van der Waals surface area contributed by atoms with Crippen molar-refractivity contribution in [2.24, 2.45) is 7.05 Å². The van der Waals surface area contributed by atoms with Crippen molar-refractivity contribution in [2.75, 3.05) is 36.5 Å². The number of likely N-dealkylation sites (N-methyl/N-ethyl adjacent to an activating group) is 1. The quantitative estimate of drug-likeness (QED) is 0.799. The van der Waals surface area contributed by atoms with E-state index < -0.39 is 0 Å². The van der Waals surface area contributed by atoms with E-state index in [2.05, 4.69) is 29.0 Å². The number of nitrogens with zero attached hydrogens (tertiary/aromatic N) is 3. The van der Waals surface area contributed by atoms with Crippen molar-refractivity contribution in [3.63, 3.8) is 0 Å². The number of fused-ring (bicyclic) bond motifs is 1. The maximum atomic E-state index is 12.3. The van der Waals surface area contributed by atoms with E-state index in [0.717, 1.165) is 24.3 Å². The number of hydrogen-bond donors (Lipinski definition) is 0. The first kappa shape index (κ1) is 12.8. The fraction of sp³-hybridized carbons (Fsp3) is 0.312. The van der Waals surface area contributed by atoms with E-state index in [1.165, 1.54) is 5.69 Å². The summed E-state index contributed by atoms with van der Waals surface area (Å²) in [6.07, 6.45) is 3.79. The molecular formula is C16H19N3O. The first-order valence-corrected chi connectivity index (χ1v) is 6.85.